The number of nitrogens with one attached hydrogen (secondary N) is 1. The molecule has 4 rings (SSSR count). The highest BCUT2D eigenvalue weighted by Gasteiger charge is 2.16. The van der Waals surface area contributed by atoms with Crippen LogP contribution in [0, 0.1) is 0 Å². The minimum Gasteiger partial charge on any atom is -0.497 e. The molecular formula is C20H21N7O4S. The van der Waals surface area contributed by atoms with Crippen molar-refractivity contribution < 1.29 is 9.53 Å². The number of amides is 1. The number of aryl methyl sites for hydroxylation is 3. The van der Waals surface area contributed by atoms with Gasteiger partial charge in [-0.1, -0.05) is 23.5 Å². The Kier molecular flexibility index (Phi) is 5.86. The van der Waals surface area contributed by atoms with Crippen LogP contribution in [0.1, 0.15) is 10.6 Å². The second-order valence-electron chi connectivity index (χ2n) is 7.15. The lowest BCUT2D eigenvalue weighted by Crippen LogP contribution is -2.37. The number of anilines is 1. The highest BCUT2D eigenvalue weighted by Crippen LogP contribution is 2.18. The van der Waals surface area contributed by atoms with Gasteiger partial charge in [-0.05, 0) is 24.1 Å². The summed E-state index contributed by atoms with van der Waals surface area (Å²) in [6, 6.07) is 7.81. The van der Waals surface area contributed by atoms with E-state index in [1.165, 1.54) is 40.9 Å². The van der Waals surface area contributed by atoms with E-state index in [2.05, 4.69) is 20.5 Å². The zero-order chi connectivity index (χ0) is 22.8. The number of aromatic nitrogens is 6. The molecule has 1 aromatic carbocycles. The SMILES string of the molecule is COc1ccc(CCc2nnc(NC(=O)Cn3cnc4c3c(=O)n(C)c(=O)n4C)s2)cc1. The van der Waals surface area contributed by atoms with Crippen molar-refractivity contribution in [2.45, 2.75) is 19.4 Å². The first-order valence-electron chi connectivity index (χ1n) is 9.73. The van der Waals surface area contributed by atoms with Gasteiger partial charge in [-0.2, -0.15) is 0 Å². The Bertz CT molecular complexity index is 1400. The molecule has 0 spiro atoms. The second-order valence-corrected chi connectivity index (χ2v) is 8.21. The first kappa shape index (κ1) is 21.4. The van der Waals surface area contributed by atoms with Crippen molar-refractivity contribution in [3.8, 4) is 5.75 Å². The van der Waals surface area contributed by atoms with Gasteiger partial charge in [-0.3, -0.25) is 24.0 Å². The average molecular weight is 456 g/mol. The number of nitrogens with zero attached hydrogens (tertiary/aromatic N) is 6. The fourth-order valence-corrected chi connectivity index (χ4v) is 4.03. The molecule has 3 heterocycles. The Hall–Kier alpha value is -3.80. The quantitative estimate of drug-likeness (QED) is 0.435. The van der Waals surface area contributed by atoms with Gasteiger partial charge in [0.05, 0.1) is 13.4 Å². The Morgan fingerprint density at radius 3 is 2.56 bits per heavy atom. The van der Waals surface area contributed by atoms with Crippen LogP contribution in [-0.2, 0) is 38.3 Å². The van der Waals surface area contributed by atoms with E-state index in [0.717, 1.165) is 27.3 Å². The van der Waals surface area contributed by atoms with Crippen molar-refractivity contribution >= 4 is 33.5 Å². The van der Waals surface area contributed by atoms with Gasteiger partial charge in [-0.15, -0.1) is 10.2 Å². The van der Waals surface area contributed by atoms with Gasteiger partial charge >= 0.3 is 5.69 Å². The Balaban J connectivity index is 1.41. The summed E-state index contributed by atoms with van der Waals surface area (Å²) in [6.45, 7) is -0.148. The molecule has 11 nitrogen and oxygen atoms in total. The molecule has 0 atom stereocenters. The lowest BCUT2D eigenvalue weighted by molar-refractivity contribution is -0.116. The number of methoxy groups -OCH3 is 1. The highest BCUT2D eigenvalue weighted by molar-refractivity contribution is 7.15. The summed E-state index contributed by atoms with van der Waals surface area (Å²) in [5.74, 6) is 0.429. The molecule has 0 saturated heterocycles. The third-order valence-corrected chi connectivity index (χ3v) is 5.93. The van der Waals surface area contributed by atoms with E-state index in [4.69, 9.17) is 4.74 Å². The summed E-state index contributed by atoms with van der Waals surface area (Å²) >= 11 is 1.30. The minimum absolute atomic E-state index is 0.148. The monoisotopic (exact) mass is 455 g/mol. The van der Waals surface area contributed by atoms with Crippen molar-refractivity contribution in [1.29, 1.82) is 0 Å². The molecule has 32 heavy (non-hydrogen) atoms. The Morgan fingerprint density at radius 2 is 1.84 bits per heavy atom. The van der Waals surface area contributed by atoms with Crippen LogP contribution in [0.4, 0.5) is 5.13 Å². The summed E-state index contributed by atoms with van der Waals surface area (Å²) in [5.41, 5.74) is 0.567. The molecule has 166 valence electrons. The van der Waals surface area contributed by atoms with E-state index in [1.54, 1.807) is 7.11 Å². The van der Waals surface area contributed by atoms with Gasteiger partial charge in [0.2, 0.25) is 11.0 Å². The molecular weight excluding hydrogens is 434 g/mol. The summed E-state index contributed by atoms with van der Waals surface area (Å²) in [4.78, 5) is 41.1. The molecule has 0 saturated carbocycles. The van der Waals surface area contributed by atoms with Crippen LogP contribution < -0.4 is 21.3 Å². The van der Waals surface area contributed by atoms with Gasteiger partial charge < -0.3 is 9.30 Å². The van der Waals surface area contributed by atoms with Crippen LogP contribution in [0.5, 0.6) is 5.75 Å². The van der Waals surface area contributed by atoms with Crippen LogP contribution >= 0.6 is 11.3 Å². The first-order chi connectivity index (χ1) is 15.4. The van der Waals surface area contributed by atoms with Crippen molar-refractivity contribution in [2.24, 2.45) is 14.1 Å². The van der Waals surface area contributed by atoms with E-state index in [1.807, 2.05) is 24.3 Å². The summed E-state index contributed by atoms with van der Waals surface area (Å²) < 4.78 is 8.82. The fourth-order valence-electron chi connectivity index (χ4n) is 3.28. The van der Waals surface area contributed by atoms with E-state index < -0.39 is 11.2 Å². The largest absolute Gasteiger partial charge is 0.497 e. The third-order valence-electron chi connectivity index (χ3n) is 5.03. The van der Waals surface area contributed by atoms with Crippen LogP contribution in [0.25, 0.3) is 11.2 Å². The van der Waals surface area contributed by atoms with Gasteiger partial charge in [0.1, 0.15) is 17.3 Å². The predicted octanol–water partition coefficient (Wildman–Crippen LogP) is 0.718. The number of hydrogen-bond donors (Lipinski definition) is 1. The molecule has 0 fully saturated rings. The second kappa shape index (κ2) is 8.75. The molecule has 0 bridgehead atoms. The van der Waals surface area contributed by atoms with Crippen molar-refractivity contribution in [3.05, 3.63) is 62.0 Å². The third kappa shape index (κ3) is 4.17. The lowest BCUT2D eigenvalue weighted by Gasteiger charge is -2.06. The van der Waals surface area contributed by atoms with Crippen LogP contribution in [0.15, 0.2) is 40.2 Å². The zero-order valence-corrected chi connectivity index (χ0v) is 18.5. The molecule has 1 N–H and O–H groups in total. The number of hydrogen-bond acceptors (Lipinski definition) is 8. The maximum atomic E-state index is 12.5. The molecule has 0 aliphatic heterocycles. The molecule has 0 radical (unpaired) electrons. The Labute approximate surface area is 185 Å². The number of carbonyl (C=O) groups excluding carboxylic acids is 1. The van der Waals surface area contributed by atoms with Crippen molar-refractivity contribution in [1.82, 2.24) is 28.9 Å². The topological polar surface area (TPSA) is 126 Å². The number of rotatable bonds is 7. The zero-order valence-electron chi connectivity index (χ0n) is 17.7. The molecule has 0 unspecified atom stereocenters. The fraction of sp³-hybridized carbons (Fsp3) is 0.300. The molecule has 4 aromatic rings. The molecule has 0 aliphatic rings. The standard InChI is InChI=1S/C20H21N7O4S/c1-25-17-16(18(29)26(2)20(25)30)27(11-21-17)10-14(28)22-19-24-23-15(32-19)9-6-12-4-7-13(31-3)8-5-12/h4-5,7-8,11H,6,9-10H2,1-3H3,(H,22,24,28). The molecule has 1 amide bonds. The van der Waals surface area contributed by atoms with Crippen molar-refractivity contribution in [2.75, 3.05) is 12.4 Å². The van der Waals surface area contributed by atoms with E-state index in [-0.39, 0.29) is 23.6 Å². The predicted molar refractivity (Wildman–Crippen MR) is 119 cm³/mol. The van der Waals surface area contributed by atoms with Crippen LogP contribution in [0.2, 0.25) is 0 Å². The van der Waals surface area contributed by atoms with Gasteiger partial charge in [-0.25, -0.2) is 9.78 Å². The summed E-state index contributed by atoms with van der Waals surface area (Å²) in [6.07, 6.45) is 2.84. The normalized spacial score (nSPS) is 11.1. The van der Waals surface area contributed by atoms with Crippen molar-refractivity contribution in [3.63, 3.8) is 0 Å². The maximum Gasteiger partial charge on any atom is 0.332 e. The Morgan fingerprint density at radius 1 is 1.09 bits per heavy atom. The number of fused-ring (bicyclic) bond motifs is 1. The van der Waals surface area contributed by atoms with Gasteiger partial charge in [0.15, 0.2) is 11.2 Å². The average Bonchev–Trinajstić information content (AvgIpc) is 3.42. The van der Waals surface area contributed by atoms with E-state index in [9.17, 15) is 14.4 Å². The van der Waals surface area contributed by atoms with E-state index in [0.29, 0.717) is 11.6 Å². The summed E-state index contributed by atoms with van der Waals surface area (Å²) in [7, 11) is 4.54. The van der Waals surface area contributed by atoms with Crippen LogP contribution in [-0.4, -0.2) is 41.9 Å². The van der Waals surface area contributed by atoms with Crippen LogP contribution in [0.3, 0.4) is 0 Å². The van der Waals surface area contributed by atoms with Gasteiger partial charge in [0, 0.05) is 20.5 Å². The number of carbonyl (C=O) groups is 1. The van der Waals surface area contributed by atoms with E-state index >= 15 is 0 Å². The molecule has 12 heteroatoms. The first-order valence-corrected chi connectivity index (χ1v) is 10.5. The number of benzene rings is 1. The lowest BCUT2D eigenvalue weighted by atomic mass is 10.1. The minimum atomic E-state index is -0.509. The molecule has 3 aromatic heterocycles. The smallest absolute Gasteiger partial charge is 0.332 e. The number of imidazole rings is 1. The summed E-state index contributed by atoms with van der Waals surface area (Å²) in [5, 5.41) is 12.0. The maximum absolute atomic E-state index is 12.5. The highest BCUT2D eigenvalue weighted by atomic mass is 32.1. The molecule has 0 aliphatic carbocycles. The number of ether oxygens (including phenoxy) is 1. The van der Waals surface area contributed by atoms with Gasteiger partial charge in [0.25, 0.3) is 5.56 Å².